The van der Waals surface area contributed by atoms with E-state index >= 15 is 0 Å². The monoisotopic (exact) mass is 690 g/mol. The van der Waals surface area contributed by atoms with E-state index in [1.165, 1.54) is 0 Å². The average molecular weight is 691 g/mol. The number of nitrogens with one attached hydrogen (secondary N) is 2. The van der Waals surface area contributed by atoms with Gasteiger partial charge in [0, 0.05) is 48.7 Å². The number of aliphatic hydroxyl groups excluding tert-OH is 1. The number of hydrogen-bond acceptors (Lipinski definition) is 9. The molecule has 1 aliphatic heterocycles. The van der Waals surface area contributed by atoms with Crippen LogP contribution in [0.2, 0.25) is 5.02 Å². The Kier molecular flexibility index (Phi) is 9.78. The van der Waals surface area contributed by atoms with E-state index in [4.69, 9.17) is 31.1 Å². The Morgan fingerprint density at radius 3 is 2.62 bits per heavy atom. The molecule has 1 fully saturated rings. The second kappa shape index (κ2) is 14.5. The van der Waals surface area contributed by atoms with E-state index in [9.17, 15) is 9.90 Å². The summed E-state index contributed by atoms with van der Waals surface area (Å²) in [7, 11) is 0. The second-order valence-corrected chi connectivity index (χ2v) is 13.2. The minimum Gasteiger partial charge on any atom is -0.480 e. The molecular weight excluding hydrogens is 652 g/mol. The highest BCUT2D eigenvalue weighted by Crippen LogP contribution is 2.38. The molecule has 4 heterocycles. The molecule has 4 N–H and O–H groups in total. The van der Waals surface area contributed by atoms with Gasteiger partial charge in [0.25, 0.3) is 0 Å². The molecule has 1 aliphatic rings. The molecular formula is C39H39ClN6O4. The maximum Gasteiger partial charge on any atom is 0.320 e. The number of benzene rings is 3. The minimum atomic E-state index is -0.784. The molecule has 11 heteroatoms. The van der Waals surface area contributed by atoms with Crippen molar-refractivity contribution in [2.45, 2.75) is 52.2 Å². The van der Waals surface area contributed by atoms with E-state index in [2.05, 4.69) is 47.7 Å². The van der Waals surface area contributed by atoms with Gasteiger partial charge in [-0.15, -0.1) is 0 Å². The number of likely N-dealkylation sites (tertiary alicyclic amines) is 1. The smallest absolute Gasteiger partial charge is 0.320 e. The summed E-state index contributed by atoms with van der Waals surface area (Å²) in [6.45, 7) is 6.62. The normalized spacial score (nSPS) is 15.2. The van der Waals surface area contributed by atoms with Crippen LogP contribution >= 0.6 is 11.6 Å². The van der Waals surface area contributed by atoms with Crippen molar-refractivity contribution < 1.29 is 19.4 Å². The zero-order valence-electron chi connectivity index (χ0n) is 28.0. The average Bonchev–Trinajstić information content (AvgIpc) is 3.54. The molecule has 0 aliphatic carbocycles. The molecule has 50 heavy (non-hydrogen) atoms. The number of anilines is 2. The van der Waals surface area contributed by atoms with Crippen LogP contribution in [0.3, 0.4) is 0 Å². The molecule has 1 atom stereocenters. The van der Waals surface area contributed by atoms with E-state index in [-0.39, 0.29) is 6.61 Å². The first kappa shape index (κ1) is 33.6. The minimum absolute atomic E-state index is 0.0891. The highest BCUT2D eigenvalue weighted by molar-refractivity contribution is 6.34. The highest BCUT2D eigenvalue weighted by atomic mass is 35.5. The first-order chi connectivity index (χ1) is 24.3. The Morgan fingerprint density at radius 2 is 1.80 bits per heavy atom. The van der Waals surface area contributed by atoms with Gasteiger partial charge < -0.3 is 25.3 Å². The number of piperidine rings is 1. The number of hydrogen-bond donors (Lipinski definition) is 4. The van der Waals surface area contributed by atoms with E-state index in [1.54, 1.807) is 6.20 Å². The number of rotatable bonds is 11. The summed E-state index contributed by atoms with van der Waals surface area (Å²) < 4.78 is 6.28. The number of aliphatic hydroxyl groups is 1. The number of aromatic nitrogens is 3. The Morgan fingerprint density at radius 1 is 1.00 bits per heavy atom. The largest absolute Gasteiger partial charge is 0.480 e. The number of pyridine rings is 2. The van der Waals surface area contributed by atoms with Crippen LogP contribution in [0, 0.1) is 13.8 Å². The fraction of sp³-hybridized carbons (Fsp3) is 0.282. The van der Waals surface area contributed by atoms with Crippen LogP contribution in [0.25, 0.3) is 44.6 Å². The van der Waals surface area contributed by atoms with Gasteiger partial charge in [-0.1, -0.05) is 42.3 Å². The van der Waals surface area contributed by atoms with Crippen molar-refractivity contribution in [2.75, 3.05) is 25.0 Å². The van der Waals surface area contributed by atoms with Gasteiger partial charge in [-0.25, -0.2) is 9.97 Å². The fourth-order valence-corrected chi connectivity index (χ4v) is 7.18. The summed E-state index contributed by atoms with van der Waals surface area (Å²) in [5.41, 5.74) is 9.83. The maximum absolute atomic E-state index is 11.9. The van der Waals surface area contributed by atoms with E-state index < -0.39 is 12.0 Å². The molecule has 10 nitrogen and oxygen atoms in total. The van der Waals surface area contributed by atoms with Crippen LogP contribution in [0.15, 0.2) is 77.5 Å². The molecule has 3 aromatic heterocycles. The standard InChI is InChI=1S/C39H39ClN6O4/c1-23-28(29-8-6-10-32(24(29)2)44-37-35-27(12-13-42-37)17-26(21-43-35)20-41-14-16-47)7-5-9-30(23)38-45-33-19-25(18-31(40)36(33)50-38)22-46-15-4-3-11-34(46)39(48)49/h5-10,12-13,17-19,21,34,41,47H,3-4,11,14-16,20,22H2,1-2H3,(H,42,44)(H,48,49)/t34-/m0/s1. The SMILES string of the molecule is Cc1c(Nc2nccc3cc(CNCCO)cnc23)cccc1-c1cccc(-c2nc3cc(CN4CCCC[C@H]4C(=O)O)cc(Cl)c3o2)c1C. The summed E-state index contributed by atoms with van der Waals surface area (Å²) in [5, 5.41) is 27.0. The predicted molar refractivity (Wildman–Crippen MR) is 197 cm³/mol. The van der Waals surface area contributed by atoms with Crippen LogP contribution in [0.4, 0.5) is 11.5 Å². The van der Waals surface area contributed by atoms with Crippen molar-refractivity contribution in [3.05, 3.63) is 100 Å². The van der Waals surface area contributed by atoms with E-state index in [0.717, 1.165) is 74.9 Å². The zero-order valence-corrected chi connectivity index (χ0v) is 28.8. The summed E-state index contributed by atoms with van der Waals surface area (Å²) in [5.74, 6) is 0.362. The fourth-order valence-electron chi connectivity index (χ4n) is 6.90. The summed E-state index contributed by atoms with van der Waals surface area (Å²) in [4.78, 5) is 28.1. The number of carboxylic acids is 1. The summed E-state index contributed by atoms with van der Waals surface area (Å²) in [6, 6.07) is 19.6. The van der Waals surface area contributed by atoms with Crippen molar-refractivity contribution >= 4 is 51.1 Å². The maximum atomic E-state index is 11.9. The lowest BCUT2D eigenvalue weighted by molar-refractivity contribution is -0.144. The molecule has 6 aromatic rings. The number of halogens is 1. The van der Waals surface area contributed by atoms with Crippen LogP contribution in [-0.4, -0.2) is 61.8 Å². The number of carbonyl (C=O) groups is 1. The number of aliphatic carboxylic acids is 1. The van der Waals surface area contributed by atoms with Gasteiger partial charge in [0.2, 0.25) is 5.89 Å². The number of nitrogens with zero attached hydrogens (tertiary/aromatic N) is 4. The van der Waals surface area contributed by atoms with Gasteiger partial charge in [-0.05, 0) is 103 Å². The van der Waals surface area contributed by atoms with E-state index in [1.807, 2.05) is 53.6 Å². The molecule has 3 aromatic carbocycles. The second-order valence-electron chi connectivity index (χ2n) is 12.8. The van der Waals surface area contributed by atoms with Gasteiger partial charge in [-0.2, -0.15) is 0 Å². The van der Waals surface area contributed by atoms with Crippen molar-refractivity contribution in [1.82, 2.24) is 25.2 Å². The van der Waals surface area contributed by atoms with Crippen molar-refractivity contribution in [2.24, 2.45) is 0 Å². The number of fused-ring (bicyclic) bond motifs is 2. The molecule has 0 bridgehead atoms. The molecule has 0 radical (unpaired) electrons. The lowest BCUT2D eigenvalue weighted by Crippen LogP contribution is -2.43. The van der Waals surface area contributed by atoms with Gasteiger partial charge in [0.05, 0.1) is 11.6 Å². The molecule has 0 spiro atoms. The Bertz CT molecular complexity index is 2200. The first-order valence-electron chi connectivity index (χ1n) is 16.9. The lowest BCUT2D eigenvalue weighted by atomic mass is 9.93. The number of oxazole rings is 1. The Labute approximate surface area is 295 Å². The number of carboxylic acid groups (broad SMARTS) is 1. The topological polar surface area (TPSA) is 137 Å². The van der Waals surface area contributed by atoms with E-state index in [0.29, 0.717) is 53.9 Å². The predicted octanol–water partition coefficient (Wildman–Crippen LogP) is 7.64. The third-order valence-electron chi connectivity index (χ3n) is 9.50. The third kappa shape index (κ3) is 6.80. The van der Waals surface area contributed by atoms with Crippen molar-refractivity contribution in [3.8, 4) is 22.6 Å². The highest BCUT2D eigenvalue weighted by Gasteiger charge is 2.28. The van der Waals surface area contributed by atoms with Crippen LogP contribution in [-0.2, 0) is 17.9 Å². The molecule has 0 saturated carbocycles. The van der Waals surface area contributed by atoms with Crippen LogP contribution in [0.5, 0.6) is 0 Å². The lowest BCUT2D eigenvalue weighted by Gasteiger charge is -2.32. The van der Waals surface area contributed by atoms with Crippen molar-refractivity contribution in [3.63, 3.8) is 0 Å². The van der Waals surface area contributed by atoms with Gasteiger partial charge in [-0.3, -0.25) is 14.7 Å². The Balaban J connectivity index is 1.17. The molecule has 7 rings (SSSR count). The molecule has 1 saturated heterocycles. The van der Waals surface area contributed by atoms with Crippen LogP contribution < -0.4 is 10.6 Å². The quantitative estimate of drug-likeness (QED) is 0.100. The molecule has 0 unspecified atom stereocenters. The van der Waals surface area contributed by atoms with Crippen molar-refractivity contribution in [1.29, 1.82) is 0 Å². The first-order valence-corrected chi connectivity index (χ1v) is 17.3. The Hall–Kier alpha value is -4.87. The third-order valence-corrected chi connectivity index (χ3v) is 9.78. The molecule has 0 amide bonds. The summed E-state index contributed by atoms with van der Waals surface area (Å²) >= 11 is 6.72. The zero-order chi connectivity index (χ0) is 34.8. The van der Waals surface area contributed by atoms with Gasteiger partial charge in [0.15, 0.2) is 11.4 Å². The van der Waals surface area contributed by atoms with Crippen LogP contribution in [0.1, 0.15) is 41.5 Å². The van der Waals surface area contributed by atoms with Gasteiger partial charge >= 0.3 is 5.97 Å². The molecule has 256 valence electrons. The van der Waals surface area contributed by atoms with Gasteiger partial charge in [0.1, 0.15) is 17.1 Å². The summed E-state index contributed by atoms with van der Waals surface area (Å²) in [6.07, 6.45) is 6.16.